The minimum atomic E-state index is 0.240. The zero-order valence-corrected chi connectivity index (χ0v) is 9.44. The molecule has 1 aliphatic heterocycles. The van der Waals surface area contributed by atoms with E-state index in [4.69, 9.17) is 0 Å². The molecule has 0 atom stereocenters. The molecule has 0 radical (unpaired) electrons. The zero-order valence-electron chi connectivity index (χ0n) is 9.44. The molecule has 74 valence electrons. The van der Waals surface area contributed by atoms with Gasteiger partial charge in [0.2, 0.25) is 0 Å². The number of rotatable bonds is 1. The molecule has 1 heteroatoms. The van der Waals surface area contributed by atoms with Crippen LogP contribution in [0.15, 0.2) is 23.5 Å². The van der Waals surface area contributed by atoms with Gasteiger partial charge >= 0.3 is 0 Å². The van der Waals surface area contributed by atoms with Crippen LogP contribution in [0, 0.1) is 11.3 Å². The van der Waals surface area contributed by atoms with Crippen molar-refractivity contribution in [1.29, 1.82) is 0 Å². The molecule has 0 spiro atoms. The lowest BCUT2D eigenvalue weighted by Crippen LogP contribution is -2.26. The standard InChI is InChI=1S/C12H21N/c1-9(2)10-7-6-8-13-11(10)12(3,4)5/h6,8-9,13H,7H2,1-5H3. The fourth-order valence-electron chi connectivity index (χ4n) is 1.75. The number of hydrogen-bond donors (Lipinski definition) is 1. The van der Waals surface area contributed by atoms with Gasteiger partial charge in [0.1, 0.15) is 0 Å². The molecule has 0 saturated heterocycles. The van der Waals surface area contributed by atoms with Crippen molar-refractivity contribution in [3.05, 3.63) is 23.5 Å². The first-order valence-corrected chi connectivity index (χ1v) is 5.08. The fraction of sp³-hybridized carbons (Fsp3) is 0.667. The number of hydrogen-bond acceptors (Lipinski definition) is 1. The SMILES string of the molecule is CC(C)C1=C(C(C)(C)C)NC=CC1. The van der Waals surface area contributed by atoms with Crippen LogP contribution in [0.1, 0.15) is 41.0 Å². The Morgan fingerprint density at radius 1 is 1.31 bits per heavy atom. The Morgan fingerprint density at radius 2 is 1.92 bits per heavy atom. The highest BCUT2D eigenvalue weighted by atomic mass is 14.9. The normalized spacial score (nSPS) is 18.0. The van der Waals surface area contributed by atoms with Crippen LogP contribution < -0.4 is 5.32 Å². The van der Waals surface area contributed by atoms with Crippen molar-refractivity contribution in [2.24, 2.45) is 11.3 Å². The van der Waals surface area contributed by atoms with Gasteiger partial charge in [-0.2, -0.15) is 0 Å². The molecular weight excluding hydrogens is 158 g/mol. The number of allylic oxidation sites excluding steroid dienone is 3. The smallest absolute Gasteiger partial charge is 0.0198 e. The van der Waals surface area contributed by atoms with Crippen molar-refractivity contribution in [1.82, 2.24) is 5.32 Å². The molecule has 0 aromatic carbocycles. The highest BCUT2D eigenvalue weighted by Crippen LogP contribution is 2.32. The summed E-state index contributed by atoms with van der Waals surface area (Å²) in [6, 6.07) is 0. The number of dihydropyridines is 1. The van der Waals surface area contributed by atoms with Crippen molar-refractivity contribution in [3.8, 4) is 0 Å². The second-order valence-electron chi connectivity index (χ2n) is 5.06. The van der Waals surface area contributed by atoms with Crippen LogP contribution in [0.25, 0.3) is 0 Å². The third-order valence-electron chi connectivity index (χ3n) is 2.45. The molecule has 1 heterocycles. The molecule has 0 unspecified atom stereocenters. The maximum atomic E-state index is 3.39. The van der Waals surface area contributed by atoms with Gasteiger partial charge in [-0.1, -0.05) is 40.7 Å². The summed E-state index contributed by atoms with van der Waals surface area (Å²) in [5.74, 6) is 0.645. The molecule has 0 aromatic rings. The van der Waals surface area contributed by atoms with Crippen LogP contribution in [0.5, 0.6) is 0 Å². The molecule has 0 fully saturated rings. The summed E-state index contributed by atoms with van der Waals surface area (Å²) in [5.41, 5.74) is 3.20. The molecule has 13 heavy (non-hydrogen) atoms. The lowest BCUT2D eigenvalue weighted by molar-refractivity contribution is 0.457. The highest BCUT2D eigenvalue weighted by Gasteiger charge is 2.22. The van der Waals surface area contributed by atoms with Crippen LogP contribution in [0.2, 0.25) is 0 Å². The first kappa shape index (κ1) is 10.4. The van der Waals surface area contributed by atoms with E-state index in [1.54, 1.807) is 5.57 Å². The quantitative estimate of drug-likeness (QED) is 0.650. The Balaban J connectivity index is 2.99. The third-order valence-corrected chi connectivity index (χ3v) is 2.45. The Labute approximate surface area is 81.9 Å². The van der Waals surface area contributed by atoms with Crippen LogP contribution in [-0.2, 0) is 0 Å². The minimum Gasteiger partial charge on any atom is -0.365 e. The van der Waals surface area contributed by atoms with Gasteiger partial charge in [0.05, 0.1) is 0 Å². The Bertz CT molecular complexity index is 238. The van der Waals surface area contributed by atoms with Gasteiger partial charge in [-0.15, -0.1) is 0 Å². The summed E-state index contributed by atoms with van der Waals surface area (Å²) in [5, 5.41) is 3.39. The van der Waals surface area contributed by atoms with Crippen LogP contribution >= 0.6 is 0 Å². The molecule has 0 aromatic heterocycles. The Kier molecular flexibility index (Phi) is 2.84. The molecular formula is C12H21N. The monoisotopic (exact) mass is 179 g/mol. The van der Waals surface area contributed by atoms with E-state index < -0.39 is 0 Å². The van der Waals surface area contributed by atoms with Gasteiger partial charge in [-0.05, 0) is 24.1 Å². The van der Waals surface area contributed by atoms with Crippen molar-refractivity contribution < 1.29 is 0 Å². The molecule has 0 aliphatic carbocycles. The Hall–Kier alpha value is -0.720. The van der Waals surface area contributed by atoms with E-state index in [1.165, 1.54) is 5.70 Å². The average molecular weight is 179 g/mol. The van der Waals surface area contributed by atoms with E-state index in [1.807, 2.05) is 0 Å². The summed E-state index contributed by atoms with van der Waals surface area (Å²) in [4.78, 5) is 0. The topological polar surface area (TPSA) is 12.0 Å². The fourth-order valence-corrected chi connectivity index (χ4v) is 1.75. The molecule has 0 amide bonds. The molecule has 0 bridgehead atoms. The van der Waals surface area contributed by atoms with Gasteiger partial charge in [-0.25, -0.2) is 0 Å². The summed E-state index contributed by atoms with van der Waals surface area (Å²) < 4.78 is 0. The van der Waals surface area contributed by atoms with Gasteiger partial charge in [0.15, 0.2) is 0 Å². The predicted molar refractivity (Wildman–Crippen MR) is 58.2 cm³/mol. The lowest BCUT2D eigenvalue weighted by atomic mass is 9.83. The third kappa shape index (κ3) is 2.36. The van der Waals surface area contributed by atoms with E-state index in [0.29, 0.717) is 5.92 Å². The van der Waals surface area contributed by atoms with E-state index in [0.717, 1.165) is 6.42 Å². The molecule has 1 nitrogen and oxygen atoms in total. The van der Waals surface area contributed by atoms with Crippen LogP contribution in [-0.4, -0.2) is 0 Å². The van der Waals surface area contributed by atoms with Crippen molar-refractivity contribution in [3.63, 3.8) is 0 Å². The van der Waals surface area contributed by atoms with Gasteiger partial charge in [0.25, 0.3) is 0 Å². The predicted octanol–water partition coefficient (Wildman–Crippen LogP) is 3.45. The van der Waals surface area contributed by atoms with E-state index in [9.17, 15) is 0 Å². The van der Waals surface area contributed by atoms with E-state index >= 15 is 0 Å². The van der Waals surface area contributed by atoms with Crippen molar-refractivity contribution >= 4 is 0 Å². The van der Waals surface area contributed by atoms with Crippen molar-refractivity contribution in [2.75, 3.05) is 0 Å². The van der Waals surface area contributed by atoms with E-state index in [-0.39, 0.29) is 5.41 Å². The second-order valence-corrected chi connectivity index (χ2v) is 5.06. The molecule has 1 rings (SSSR count). The van der Waals surface area contributed by atoms with Gasteiger partial charge in [0, 0.05) is 11.1 Å². The summed E-state index contributed by atoms with van der Waals surface area (Å²) in [6.45, 7) is 11.3. The molecule has 1 aliphatic rings. The van der Waals surface area contributed by atoms with Gasteiger partial charge in [-0.3, -0.25) is 0 Å². The largest absolute Gasteiger partial charge is 0.365 e. The molecule has 1 N–H and O–H groups in total. The second kappa shape index (κ2) is 3.57. The average Bonchev–Trinajstić information content (AvgIpc) is 2.03. The number of nitrogens with one attached hydrogen (secondary N) is 1. The minimum absolute atomic E-state index is 0.240. The zero-order chi connectivity index (χ0) is 10.1. The highest BCUT2D eigenvalue weighted by molar-refractivity contribution is 5.27. The lowest BCUT2D eigenvalue weighted by Gasteiger charge is -2.30. The summed E-state index contributed by atoms with van der Waals surface area (Å²) in [6.07, 6.45) is 5.37. The first-order valence-electron chi connectivity index (χ1n) is 5.08. The summed E-state index contributed by atoms with van der Waals surface area (Å²) in [7, 11) is 0. The van der Waals surface area contributed by atoms with Crippen LogP contribution in [0.3, 0.4) is 0 Å². The van der Waals surface area contributed by atoms with Crippen molar-refractivity contribution in [2.45, 2.75) is 41.0 Å². The van der Waals surface area contributed by atoms with Gasteiger partial charge < -0.3 is 5.32 Å². The van der Waals surface area contributed by atoms with Crippen LogP contribution in [0.4, 0.5) is 0 Å². The van der Waals surface area contributed by atoms with E-state index in [2.05, 4.69) is 52.2 Å². The summed E-state index contributed by atoms with van der Waals surface area (Å²) >= 11 is 0. The Morgan fingerprint density at radius 3 is 2.31 bits per heavy atom. The first-order chi connectivity index (χ1) is 5.93. The maximum absolute atomic E-state index is 3.39. The maximum Gasteiger partial charge on any atom is 0.0198 e. The molecule has 0 saturated carbocycles.